The van der Waals surface area contributed by atoms with Gasteiger partial charge in [-0.15, -0.1) is 0 Å². The first-order valence-electron chi connectivity index (χ1n) is 4.25. The molecule has 1 aromatic heterocycles. The molecule has 0 bridgehead atoms. The second-order valence-electron chi connectivity index (χ2n) is 3.29. The van der Waals surface area contributed by atoms with Crippen LogP contribution < -0.4 is 5.73 Å². The van der Waals surface area contributed by atoms with Gasteiger partial charge in [-0.05, 0) is 42.6 Å². The number of nitrogens with two attached hydrogens (primary N) is 1. The molecule has 0 aliphatic rings. The van der Waals surface area contributed by atoms with Crippen LogP contribution in [-0.2, 0) is 13.0 Å². The Morgan fingerprint density at radius 3 is 2.77 bits per heavy atom. The Morgan fingerprint density at radius 1 is 1.54 bits per heavy atom. The number of furan rings is 1. The minimum atomic E-state index is 0.626. The van der Waals surface area contributed by atoms with Crippen molar-refractivity contribution in [1.29, 1.82) is 0 Å². The maximum Gasteiger partial charge on any atom is 0.173 e. The average molecular weight is 247 g/mol. The van der Waals surface area contributed by atoms with Crippen molar-refractivity contribution in [2.45, 2.75) is 13.0 Å². The first-order valence-corrected chi connectivity index (χ1v) is 5.04. The largest absolute Gasteiger partial charge is 0.454 e. The van der Waals surface area contributed by atoms with Crippen LogP contribution in [0.3, 0.4) is 0 Å². The van der Waals surface area contributed by atoms with Crippen molar-refractivity contribution in [3.8, 4) is 0 Å². The molecule has 0 aliphatic heterocycles. The van der Waals surface area contributed by atoms with E-state index in [1.807, 2.05) is 14.1 Å². The van der Waals surface area contributed by atoms with E-state index in [9.17, 15) is 0 Å². The molecule has 0 radical (unpaired) electrons. The van der Waals surface area contributed by atoms with Gasteiger partial charge in [0.25, 0.3) is 0 Å². The number of hydrogen-bond donors (Lipinski definition) is 1. The molecule has 13 heavy (non-hydrogen) atoms. The van der Waals surface area contributed by atoms with Crippen molar-refractivity contribution in [2.24, 2.45) is 5.73 Å². The Bertz CT molecular complexity index is 271. The third-order valence-corrected chi connectivity index (χ3v) is 2.36. The summed E-state index contributed by atoms with van der Waals surface area (Å²) in [4.78, 5) is 2.10. The van der Waals surface area contributed by atoms with E-state index in [1.165, 1.54) is 5.56 Å². The zero-order valence-electron chi connectivity index (χ0n) is 8.01. The highest BCUT2D eigenvalue weighted by molar-refractivity contribution is 9.10. The summed E-state index contributed by atoms with van der Waals surface area (Å²) >= 11 is 3.38. The van der Waals surface area contributed by atoms with Crippen molar-refractivity contribution in [3.05, 3.63) is 22.1 Å². The summed E-state index contributed by atoms with van der Waals surface area (Å²) in [6.07, 6.45) is 0.798. The molecule has 4 heteroatoms. The van der Waals surface area contributed by atoms with Gasteiger partial charge < -0.3 is 15.1 Å². The van der Waals surface area contributed by atoms with E-state index in [4.69, 9.17) is 10.2 Å². The summed E-state index contributed by atoms with van der Waals surface area (Å²) in [7, 11) is 4.06. The number of hydrogen-bond acceptors (Lipinski definition) is 3. The molecule has 0 aromatic carbocycles. The fourth-order valence-electron chi connectivity index (χ4n) is 1.18. The van der Waals surface area contributed by atoms with E-state index < -0.39 is 0 Å². The fraction of sp³-hybridized carbons (Fsp3) is 0.556. The molecule has 3 nitrogen and oxygen atoms in total. The lowest BCUT2D eigenvalue weighted by atomic mass is 10.2. The van der Waals surface area contributed by atoms with Gasteiger partial charge in [-0.3, -0.25) is 0 Å². The molecule has 1 heterocycles. The molecule has 74 valence electrons. The van der Waals surface area contributed by atoms with Crippen LogP contribution in [0.1, 0.15) is 11.3 Å². The Morgan fingerprint density at radius 2 is 2.23 bits per heavy atom. The summed E-state index contributed by atoms with van der Waals surface area (Å²) in [6.45, 7) is 1.51. The first kappa shape index (κ1) is 10.8. The second kappa shape index (κ2) is 4.79. The number of nitrogens with zero attached hydrogens (tertiary/aromatic N) is 1. The molecule has 0 saturated heterocycles. The summed E-state index contributed by atoms with van der Waals surface area (Å²) < 4.78 is 6.29. The highest BCUT2D eigenvalue weighted by Gasteiger charge is 2.08. The van der Waals surface area contributed by atoms with Gasteiger partial charge in [0.2, 0.25) is 0 Å². The lowest BCUT2D eigenvalue weighted by Gasteiger charge is -2.06. The molecule has 0 unspecified atom stereocenters. The first-order chi connectivity index (χ1) is 6.13. The quantitative estimate of drug-likeness (QED) is 0.878. The van der Waals surface area contributed by atoms with Crippen molar-refractivity contribution in [2.75, 3.05) is 20.6 Å². The zero-order chi connectivity index (χ0) is 9.84. The van der Waals surface area contributed by atoms with E-state index in [2.05, 4.69) is 26.9 Å². The highest BCUT2D eigenvalue weighted by atomic mass is 79.9. The van der Waals surface area contributed by atoms with E-state index >= 15 is 0 Å². The minimum absolute atomic E-state index is 0.626. The SMILES string of the molecule is CN(C)Cc1cc(CCN)oc1Br. The van der Waals surface area contributed by atoms with Crippen molar-refractivity contribution in [1.82, 2.24) is 4.90 Å². The van der Waals surface area contributed by atoms with Gasteiger partial charge in [-0.2, -0.15) is 0 Å². The van der Waals surface area contributed by atoms with Crippen molar-refractivity contribution < 1.29 is 4.42 Å². The van der Waals surface area contributed by atoms with Crippen LogP contribution in [0.5, 0.6) is 0 Å². The van der Waals surface area contributed by atoms with Gasteiger partial charge in [-0.25, -0.2) is 0 Å². The summed E-state index contributed by atoms with van der Waals surface area (Å²) in [5.41, 5.74) is 6.61. The lowest BCUT2D eigenvalue weighted by molar-refractivity contribution is 0.396. The number of halogens is 1. The van der Waals surface area contributed by atoms with Crippen molar-refractivity contribution in [3.63, 3.8) is 0 Å². The Labute approximate surface area is 87.0 Å². The molecule has 0 saturated carbocycles. The minimum Gasteiger partial charge on any atom is -0.454 e. The molecule has 0 aliphatic carbocycles. The van der Waals surface area contributed by atoms with Crippen LogP contribution in [0, 0.1) is 0 Å². The lowest BCUT2D eigenvalue weighted by Crippen LogP contribution is -2.10. The predicted molar refractivity (Wildman–Crippen MR) is 56.6 cm³/mol. The van der Waals surface area contributed by atoms with Gasteiger partial charge in [-0.1, -0.05) is 0 Å². The monoisotopic (exact) mass is 246 g/mol. The van der Waals surface area contributed by atoms with Gasteiger partial charge in [0, 0.05) is 18.5 Å². The molecular formula is C9H15BrN2O. The maximum atomic E-state index is 5.47. The van der Waals surface area contributed by atoms with Crippen LogP contribution in [0.4, 0.5) is 0 Å². The smallest absolute Gasteiger partial charge is 0.173 e. The standard InChI is InChI=1S/C9H15BrN2O/c1-12(2)6-7-5-8(3-4-11)13-9(7)10/h5H,3-4,6,11H2,1-2H3. The average Bonchev–Trinajstić information content (AvgIpc) is 2.31. The Kier molecular flexibility index (Phi) is 3.96. The van der Waals surface area contributed by atoms with Crippen molar-refractivity contribution >= 4 is 15.9 Å². The predicted octanol–water partition coefficient (Wildman–Crippen LogP) is 1.60. The summed E-state index contributed by atoms with van der Waals surface area (Å²) in [5, 5.41) is 0. The van der Waals surface area contributed by atoms with Crippen LogP contribution >= 0.6 is 15.9 Å². The van der Waals surface area contributed by atoms with Crippen LogP contribution in [0.15, 0.2) is 15.2 Å². The topological polar surface area (TPSA) is 42.4 Å². The van der Waals surface area contributed by atoms with Gasteiger partial charge in [0.05, 0.1) is 0 Å². The van der Waals surface area contributed by atoms with Crippen LogP contribution in [-0.4, -0.2) is 25.5 Å². The van der Waals surface area contributed by atoms with E-state index in [0.29, 0.717) is 6.54 Å². The number of rotatable bonds is 4. The van der Waals surface area contributed by atoms with Crippen LogP contribution in [0.2, 0.25) is 0 Å². The normalized spacial score (nSPS) is 11.2. The molecule has 1 rings (SSSR count). The van der Waals surface area contributed by atoms with E-state index in [0.717, 1.165) is 23.4 Å². The Balaban J connectivity index is 2.71. The molecule has 0 amide bonds. The molecule has 0 spiro atoms. The molecule has 0 atom stereocenters. The van der Waals surface area contributed by atoms with Crippen LogP contribution in [0.25, 0.3) is 0 Å². The molecule has 0 fully saturated rings. The molecular weight excluding hydrogens is 232 g/mol. The van der Waals surface area contributed by atoms with Gasteiger partial charge >= 0.3 is 0 Å². The van der Waals surface area contributed by atoms with E-state index in [1.54, 1.807) is 0 Å². The van der Waals surface area contributed by atoms with E-state index in [-0.39, 0.29) is 0 Å². The molecule has 2 N–H and O–H groups in total. The summed E-state index contributed by atoms with van der Waals surface area (Å²) in [5.74, 6) is 0.950. The molecule has 1 aromatic rings. The van der Waals surface area contributed by atoms with Gasteiger partial charge in [0.1, 0.15) is 5.76 Å². The Hall–Kier alpha value is -0.320. The van der Waals surface area contributed by atoms with Gasteiger partial charge in [0.15, 0.2) is 4.67 Å². The fourth-order valence-corrected chi connectivity index (χ4v) is 1.62. The third-order valence-electron chi connectivity index (χ3n) is 1.69. The highest BCUT2D eigenvalue weighted by Crippen LogP contribution is 2.22. The summed E-state index contributed by atoms with van der Waals surface area (Å²) in [6, 6.07) is 2.05. The maximum absolute atomic E-state index is 5.47. The zero-order valence-corrected chi connectivity index (χ0v) is 9.60. The third kappa shape index (κ3) is 3.14. The second-order valence-corrected chi connectivity index (χ2v) is 4.01.